The molecular formula is C30H37F5N6O2. The third-order valence-electron chi connectivity index (χ3n) is 10.0. The number of alkyl halides is 4. The molecule has 0 aliphatic carbocycles. The minimum atomic E-state index is -4.81. The van der Waals surface area contributed by atoms with Gasteiger partial charge in [-0.1, -0.05) is 0 Å². The number of rotatable bonds is 5. The van der Waals surface area contributed by atoms with Crippen molar-refractivity contribution in [2.24, 2.45) is 0 Å². The zero-order valence-electron chi connectivity index (χ0n) is 24.3. The van der Waals surface area contributed by atoms with Crippen molar-refractivity contribution in [1.29, 1.82) is 0 Å². The number of fused-ring (bicyclic) bond motifs is 4. The number of hydrogen-bond donors (Lipinski definition) is 2. The lowest BCUT2D eigenvalue weighted by Gasteiger charge is -2.38. The van der Waals surface area contributed by atoms with Gasteiger partial charge < -0.3 is 25.4 Å². The van der Waals surface area contributed by atoms with Crippen LogP contribution in [0.4, 0.5) is 33.5 Å². The van der Waals surface area contributed by atoms with Crippen LogP contribution in [0.1, 0.15) is 79.2 Å². The summed E-state index contributed by atoms with van der Waals surface area (Å²) in [7, 11) is 0. The van der Waals surface area contributed by atoms with E-state index in [0.717, 1.165) is 38.3 Å². The summed E-state index contributed by atoms with van der Waals surface area (Å²) in [4.78, 5) is 13.9. The Hall–Kier alpha value is -2.77. The van der Waals surface area contributed by atoms with E-state index < -0.39 is 47.0 Å². The number of benzene rings is 1. The fourth-order valence-corrected chi connectivity index (χ4v) is 8.21. The van der Waals surface area contributed by atoms with Crippen molar-refractivity contribution in [1.82, 2.24) is 20.2 Å². The van der Waals surface area contributed by atoms with Gasteiger partial charge in [-0.2, -0.15) is 23.1 Å². The van der Waals surface area contributed by atoms with E-state index in [0.29, 0.717) is 55.2 Å². The van der Waals surface area contributed by atoms with Gasteiger partial charge in [0, 0.05) is 55.7 Å². The van der Waals surface area contributed by atoms with E-state index in [1.165, 1.54) is 6.92 Å². The Bertz CT molecular complexity index is 1410. The first kappa shape index (κ1) is 29.0. The molecule has 6 heterocycles. The summed E-state index contributed by atoms with van der Waals surface area (Å²) in [6.07, 6.45) is -3.60. The van der Waals surface area contributed by atoms with Crippen molar-refractivity contribution in [2.45, 2.75) is 94.6 Å². The first-order valence-electron chi connectivity index (χ1n) is 15.2. The maximum Gasteiger partial charge on any atom is 0.417 e. The Kier molecular flexibility index (Phi) is 7.01. The highest BCUT2D eigenvalue weighted by molar-refractivity contribution is 5.56. The van der Waals surface area contributed by atoms with Gasteiger partial charge >= 0.3 is 12.2 Å². The second-order valence-corrected chi connectivity index (χ2v) is 13.0. The maximum absolute atomic E-state index is 15.4. The van der Waals surface area contributed by atoms with Crippen molar-refractivity contribution >= 4 is 11.5 Å². The molecule has 1 aromatic heterocycles. The molecule has 5 aliphatic heterocycles. The molecule has 4 fully saturated rings. The molecule has 0 amide bonds. The number of halogens is 5. The third kappa shape index (κ3) is 5.01. The molecule has 0 radical (unpaired) electrons. The van der Waals surface area contributed by atoms with Crippen LogP contribution in [0.25, 0.3) is 0 Å². The van der Waals surface area contributed by atoms with Gasteiger partial charge in [-0.05, 0) is 57.7 Å². The highest BCUT2D eigenvalue weighted by atomic mass is 19.4. The van der Waals surface area contributed by atoms with E-state index in [-0.39, 0.29) is 30.3 Å². The molecule has 2 unspecified atom stereocenters. The number of aromatic nitrogens is 2. The molecule has 234 valence electrons. The lowest BCUT2D eigenvalue weighted by molar-refractivity contribution is -0.141. The van der Waals surface area contributed by atoms with Gasteiger partial charge in [0.1, 0.15) is 18.6 Å². The molecule has 2 bridgehead atoms. The lowest BCUT2D eigenvalue weighted by Crippen LogP contribution is -2.52. The predicted molar refractivity (Wildman–Crippen MR) is 149 cm³/mol. The molecule has 1 aromatic carbocycles. The highest BCUT2D eigenvalue weighted by Crippen LogP contribution is 2.48. The van der Waals surface area contributed by atoms with Gasteiger partial charge in [-0.25, -0.2) is 8.78 Å². The summed E-state index contributed by atoms with van der Waals surface area (Å²) in [5.41, 5.74) is 4.30. The molecule has 43 heavy (non-hydrogen) atoms. The molecule has 5 aliphatic rings. The quantitative estimate of drug-likeness (QED) is 0.370. The second-order valence-electron chi connectivity index (χ2n) is 13.0. The number of aryl methyl sites for hydroxylation is 1. The number of nitrogens with zero attached hydrogens (tertiary/aromatic N) is 4. The van der Waals surface area contributed by atoms with Crippen LogP contribution >= 0.6 is 0 Å². The smallest absolute Gasteiger partial charge is 0.417 e. The summed E-state index contributed by atoms with van der Waals surface area (Å²) < 4.78 is 85.0. The molecule has 0 saturated carbocycles. The van der Waals surface area contributed by atoms with E-state index in [1.54, 1.807) is 6.92 Å². The summed E-state index contributed by atoms with van der Waals surface area (Å²) in [6, 6.07) is 1.69. The number of hydrogen-bond acceptors (Lipinski definition) is 8. The van der Waals surface area contributed by atoms with Crippen LogP contribution in [-0.2, 0) is 17.3 Å². The van der Waals surface area contributed by atoms with Gasteiger partial charge in [0.25, 0.3) is 0 Å². The van der Waals surface area contributed by atoms with E-state index in [4.69, 9.17) is 25.2 Å². The Morgan fingerprint density at radius 2 is 1.91 bits per heavy atom. The third-order valence-corrected chi connectivity index (χ3v) is 10.0. The van der Waals surface area contributed by atoms with Crippen molar-refractivity contribution in [3.8, 4) is 6.01 Å². The van der Waals surface area contributed by atoms with Gasteiger partial charge in [-0.3, -0.25) is 4.90 Å². The summed E-state index contributed by atoms with van der Waals surface area (Å²) in [6.45, 7) is 5.82. The second kappa shape index (κ2) is 10.4. The van der Waals surface area contributed by atoms with Crippen molar-refractivity contribution in [3.63, 3.8) is 0 Å². The number of nitrogens with one attached hydrogen (secondary N) is 1. The fourth-order valence-electron chi connectivity index (χ4n) is 8.21. The van der Waals surface area contributed by atoms with Crippen LogP contribution < -0.4 is 20.7 Å². The number of anilines is 2. The average molecular weight is 609 g/mol. The Morgan fingerprint density at radius 3 is 2.63 bits per heavy atom. The zero-order chi connectivity index (χ0) is 30.3. The Balaban J connectivity index is 1.28. The van der Waals surface area contributed by atoms with Crippen LogP contribution in [0.2, 0.25) is 0 Å². The monoisotopic (exact) mass is 608 g/mol. The molecule has 4 saturated heterocycles. The Labute approximate surface area is 247 Å². The summed E-state index contributed by atoms with van der Waals surface area (Å²) in [5, 5.41) is 3.60. The van der Waals surface area contributed by atoms with E-state index in [9.17, 15) is 17.6 Å². The van der Waals surface area contributed by atoms with E-state index >= 15 is 4.39 Å². The first-order chi connectivity index (χ1) is 20.4. The van der Waals surface area contributed by atoms with Crippen LogP contribution in [0.5, 0.6) is 6.01 Å². The lowest BCUT2D eigenvalue weighted by atomic mass is 9.89. The molecule has 6 atom stereocenters. The topological polar surface area (TPSA) is 88.8 Å². The molecule has 13 heteroatoms. The SMILES string of the molecule is Cc1cc(N)c(F)c([C@H]2Cc3nc(OC[C@@]45CCCN4C[C@H](F)C5)nc(N4CC5CCC(C4)N5)c3[C@@H](C)O2)c1C(F)(F)F. The van der Waals surface area contributed by atoms with Crippen LogP contribution in [0.15, 0.2) is 6.07 Å². The van der Waals surface area contributed by atoms with Gasteiger partial charge in [-0.15, -0.1) is 0 Å². The van der Waals surface area contributed by atoms with Crippen molar-refractivity contribution in [3.05, 3.63) is 39.8 Å². The molecular weight excluding hydrogens is 571 g/mol. The predicted octanol–water partition coefficient (Wildman–Crippen LogP) is 4.80. The standard InChI is InChI=1S/C30H37F5N6O2/c1-15-8-20(36)26(32)24(25(15)30(33,34)35)22-9-21-23(16(2)43-22)27(40-12-18-4-5-19(13-40)37-18)39-28(38-21)42-14-29-6-3-7-41(29)11-17(31)10-29/h8,16-19,22,37H,3-7,9-14,36H2,1-2H3/t16-,17-,18?,19?,22-,29+/m1/s1. The minimum Gasteiger partial charge on any atom is -0.461 e. The first-order valence-corrected chi connectivity index (χ1v) is 15.2. The minimum absolute atomic E-state index is 0.0938. The maximum atomic E-state index is 15.4. The molecule has 7 rings (SSSR count). The molecule has 3 N–H and O–H groups in total. The number of nitrogen functional groups attached to an aromatic ring is 1. The molecule has 8 nitrogen and oxygen atoms in total. The number of piperazine rings is 1. The average Bonchev–Trinajstić information content (AvgIpc) is 3.58. The highest BCUT2D eigenvalue weighted by Gasteiger charge is 2.50. The Morgan fingerprint density at radius 1 is 1.16 bits per heavy atom. The molecule has 2 aromatic rings. The molecule has 0 spiro atoms. The fraction of sp³-hybridized carbons (Fsp3) is 0.667. The van der Waals surface area contributed by atoms with E-state index in [2.05, 4.69) is 15.1 Å². The van der Waals surface area contributed by atoms with Crippen LogP contribution in [0.3, 0.4) is 0 Å². The van der Waals surface area contributed by atoms with E-state index in [1.807, 2.05) is 0 Å². The normalized spacial score (nSPS) is 32.3. The number of ether oxygens (including phenoxy) is 2. The van der Waals surface area contributed by atoms with Crippen molar-refractivity contribution < 1.29 is 31.4 Å². The summed E-state index contributed by atoms with van der Waals surface area (Å²) in [5.74, 6) is -0.509. The van der Waals surface area contributed by atoms with Crippen molar-refractivity contribution in [2.75, 3.05) is 43.4 Å². The van der Waals surface area contributed by atoms with Crippen LogP contribution in [-0.4, -0.2) is 71.4 Å². The summed E-state index contributed by atoms with van der Waals surface area (Å²) >= 11 is 0. The largest absolute Gasteiger partial charge is 0.461 e. The van der Waals surface area contributed by atoms with Gasteiger partial charge in [0.2, 0.25) is 0 Å². The number of nitrogens with two attached hydrogens (primary N) is 1. The van der Waals surface area contributed by atoms with Gasteiger partial charge in [0.05, 0.1) is 34.7 Å². The zero-order valence-corrected chi connectivity index (χ0v) is 24.3. The van der Waals surface area contributed by atoms with Crippen LogP contribution in [0, 0.1) is 12.7 Å². The van der Waals surface area contributed by atoms with Gasteiger partial charge in [0.15, 0.2) is 5.82 Å².